The second kappa shape index (κ2) is 3.83. The lowest BCUT2D eigenvalue weighted by atomic mass is 9.84. The number of nitrogens with zero attached hydrogens (tertiary/aromatic N) is 1. The standard InChI is InChI=1S/C10H17NO4/c1-5-2-6(12)3-7-9(14)10(15)8(13)4-11(5)7/h5,7-10,13-15H,2-4H2,1H3/t5-,7-,8-,9+,10-/m1/s1. The molecule has 2 aliphatic rings. The maximum Gasteiger partial charge on any atom is 0.136 e. The number of aliphatic hydroxyl groups is 3. The molecule has 15 heavy (non-hydrogen) atoms. The third-order valence-corrected chi connectivity index (χ3v) is 3.49. The average Bonchev–Trinajstić information content (AvgIpc) is 2.17. The van der Waals surface area contributed by atoms with Gasteiger partial charge in [-0.25, -0.2) is 0 Å². The summed E-state index contributed by atoms with van der Waals surface area (Å²) in [7, 11) is 0. The van der Waals surface area contributed by atoms with Crippen molar-refractivity contribution in [3.05, 3.63) is 0 Å². The summed E-state index contributed by atoms with van der Waals surface area (Å²) < 4.78 is 0. The quantitative estimate of drug-likeness (QED) is 0.458. The molecule has 5 atom stereocenters. The third-order valence-electron chi connectivity index (χ3n) is 3.49. The van der Waals surface area contributed by atoms with Gasteiger partial charge in [0.1, 0.15) is 11.9 Å². The van der Waals surface area contributed by atoms with E-state index in [4.69, 9.17) is 0 Å². The van der Waals surface area contributed by atoms with Crippen molar-refractivity contribution >= 4 is 5.78 Å². The zero-order valence-electron chi connectivity index (χ0n) is 8.71. The highest BCUT2D eigenvalue weighted by Gasteiger charge is 2.46. The average molecular weight is 215 g/mol. The van der Waals surface area contributed by atoms with Crippen LogP contribution in [-0.2, 0) is 4.79 Å². The Balaban J connectivity index is 2.18. The van der Waals surface area contributed by atoms with Crippen LogP contribution >= 0.6 is 0 Å². The summed E-state index contributed by atoms with van der Waals surface area (Å²) in [6.45, 7) is 2.23. The summed E-state index contributed by atoms with van der Waals surface area (Å²) in [5.74, 6) is 0.117. The molecule has 0 aromatic heterocycles. The Kier molecular flexibility index (Phi) is 2.81. The molecule has 5 nitrogen and oxygen atoms in total. The second-order valence-corrected chi connectivity index (χ2v) is 4.61. The fraction of sp³-hybridized carbons (Fsp3) is 0.900. The second-order valence-electron chi connectivity index (χ2n) is 4.61. The van der Waals surface area contributed by atoms with Crippen LogP contribution in [0.25, 0.3) is 0 Å². The van der Waals surface area contributed by atoms with Gasteiger partial charge in [-0.3, -0.25) is 9.69 Å². The first kappa shape index (κ1) is 11.0. The predicted octanol–water partition coefficient (Wildman–Crippen LogP) is -1.50. The highest BCUT2D eigenvalue weighted by molar-refractivity contribution is 5.80. The van der Waals surface area contributed by atoms with E-state index >= 15 is 0 Å². The SMILES string of the molecule is C[C@@H]1CC(=O)C[C@@H]2[C@H](O)[C@H](O)[C@H](O)CN12. The zero-order valence-corrected chi connectivity index (χ0v) is 8.71. The predicted molar refractivity (Wildman–Crippen MR) is 52.2 cm³/mol. The van der Waals surface area contributed by atoms with E-state index in [1.807, 2.05) is 11.8 Å². The number of ketones is 1. The summed E-state index contributed by atoms with van der Waals surface area (Å²) in [6, 6.07) is -0.298. The minimum absolute atomic E-state index is 0.0352. The number of hydrogen-bond acceptors (Lipinski definition) is 5. The summed E-state index contributed by atoms with van der Waals surface area (Å²) in [4.78, 5) is 13.3. The molecule has 0 radical (unpaired) electrons. The molecule has 0 amide bonds. The lowest BCUT2D eigenvalue weighted by molar-refractivity contribution is -0.161. The van der Waals surface area contributed by atoms with Crippen LogP contribution in [0.1, 0.15) is 19.8 Å². The first-order valence-corrected chi connectivity index (χ1v) is 5.32. The number of carbonyl (C=O) groups excluding carboxylic acids is 1. The number of aliphatic hydroxyl groups excluding tert-OH is 3. The van der Waals surface area contributed by atoms with E-state index in [0.717, 1.165) is 0 Å². The molecule has 0 saturated carbocycles. The molecule has 2 heterocycles. The van der Waals surface area contributed by atoms with Gasteiger partial charge in [0.05, 0.1) is 12.2 Å². The number of hydrogen-bond donors (Lipinski definition) is 3. The topological polar surface area (TPSA) is 81.0 Å². The molecule has 0 bridgehead atoms. The van der Waals surface area contributed by atoms with Gasteiger partial charge in [-0.15, -0.1) is 0 Å². The minimum Gasteiger partial charge on any atom is -0.389 e. The van der Waals surface area contributed by atoms with Crippen LogP contribution in [0.15, 0.2) is 0 Å². The molecule has 0 aliphatic carbocycles. The molecule has 5 heteroatoms. The van der Waals surface area contributed by atoms with E-state index in [2.05, 4.69) is 0 Å². The Labute approximate surface area is 88.3 Å². The molecule has 2 fully saturated rings. The molecule has 3 N–H and O–H groups in total. The number of piperidine rings is 2. The fourth-order valence-corrected chi connectivity index (χ4v) is 2.62. The Morgan fingerprint density at radius 3 is 2.53 bits per heavy atom. The van der Waals surface area contributed by atoms with Crippen molar-refractivity contribution in [3.8, 4) is 0 Å². The number of rotatable bonds is 0. The van der Waals surface area contributed by atoms with Gasteiger partial charge in [0, 0.05) is 31.5 Å². The van der Waals surface area contributed by atoms with Crippen LogP contribution in [0.5, 0.6) is 0 Å². The van der Waals surface area contributed by atoms with Crippen LogP contribution in [0.3, 0.4) is 0 Å². The smallest absolute Gasteiger partial charge is 0.136 e. The van der Waals surface area contributed by atoms with Gasteiger partial charge in [0.2, 0.25) is 0 Å². The fourth-order valence-electron chi connectivity index (χ4n) is 2.62. The van der Waals surface area contributed by atoms with Crippen LogP contribution < -0.4 is 0 Å². The molecule has 0 unspecified atom stereocenters. The van der Waals surface area contributed by atoms with E-state index in [-0.39, 0.29) is 24.3 Å². The summed E-state index contributed by atoms with van der Waals surface area (Å²) >= 11 is 0. The van der Waals surface area contributed by atoms with E-state index in [1.165, 1.54) is 0 Å². The monoisotopic (exact) mass is 215 g/mol. The summed E-state index contributed by atoms with van der Waals surface area (Å²) in [6.07, 6.45) is -2.35. The maximum atomic E-state index is 11.4. The van der Waals surface area contributed by atoms with Gasteiger partial charge >= 0.3 is 0 Å². The van der Waals surface area contributed by atoms with Crippen molar-refractivity contribution in [3.63, 3.8) is 0 Å². The first-order valence-electron chi connectivity index (χ1n) is 5.32. The Morgan fingerprint density at radius 2 is 1.87 bits per heavy atom. The first-order chi connectivity index (χ1) is 7.00. The summed E-state index contributed by atoms with van der Waals surface area (Å²) in [5.41, 5.74) is 0. The van der Waals surface area contributed by atoms with Gasteiger partial charge in [-0.2, -0.15) is 0 Å². The minimum atomic E-state index is -1.13. The van der Waals surface area contributed by atoms with Gasteiger partial charge in [0.25, 0.3) is 0 Å². The third kappa shape index (κ3) is 1.80. The number of carbonyl (C=O) groups is 1. The Hall–Kier alpha value is -0.490. The van der Waals surface area contributed by atoms with Gasteiger partial charge in [0.15, 0.2) is 0 Å². The number of fused-ring (bicyclic) bond motifs is 1. The van der Waals surface area contributed by atoms with E-state index in [9.17, 15) is 20.1 Å². The van der Waals surface area contributed by atoms with Crippen LogP contribution in [0, 0.1) is 0 Å². The summed E-state index contributed by atoms with van der Waals surface area (Å²) in [5, 5.41) is 28.8. The van der Waals surface area contributed by atoms with Crippen molar-refractivity contribution in [1.82, 2.24) is 4.90 Å². The Bertz CT molecular complexity index is 270. The van der Waals surface area contributed by atoms with E-state index < -0.39 is 18.3 Å². The van der Waals surface area contributed by atoms with Gasteiger partial charge < -0.3 is 15.3 Å². The van der Waals surface area contributed by atoms with Crippen molar-refractivity contribution in [1.29, 1.82) is 0 Å². The molecule has 0 aromatic carbocycles. The molecule has 0 aromatic rings. The largest absolute Gasteiger partial charge is 0.389 e. The normalized spacial score (nSPS) is 47.7. The van der Waals surface area contributed by atoms with E-state index in [1.54, 1.807) is 0 Å². The van der Waals surface area contributed by atoms with Crippen molar-refractivity contribution in [2.24, 2.45) is 0 Å². The lowest BCUT2D eigenvalue weighted by Crippen LogP contribution is -2.65. The van der Waals surface area contributed by atoms with Crippen LogP contribution in [-0.4, -0.2) is 62.9 Å². The number of Topliss-reactive ketones (excluding diaryl/α,β-unsaturated/α-hetero) is 1. The highest BCUT2D eigenvalue weighted by atomic mass is 16.4. The molecular formula is C10H17NO4. The van der Waals surface area contributed by atoms with E-state index in [0.29, 0.717) is 13.0 Å². The van der Waals surface area contributed by atoms with Crippen molar-refractivity contribution in [2.45, 2.75) is 50.2 Å². The zero-order chi connectivity index (χ0) is 11.2. The molecule has 86 valence electrons. The lowest BCUT2D eigenvalue weighted by Gasteiger charge is -2.48. The Morgan fingerprint density at radius 1 is 1.20 bits per heavy atom. The molecular weight excluding hydrogens is 198 g/mol. The maximum absolute atomic E-state index is 11.4. The molecule has 2 rings (SSSR count). The van der Waals surface area contributed by atoms with Crippen molar-refractivity contribution in [2.75, 3.05) is 6.54 Å². The highest BCUT2D eigenvalue weighted by Crippen LogP contribution is 2.29. The van der Waals surface area contributed by atoms with Crippen LogP contribution in [0.4, 0.5) is 0 Å². The van der Waals surface area contributed by atoms with Crippen LogP contribution in [0.2, 0.25) is 0 Å². The molecule has 0 spiro atoms. The van der Waals surface area contributed by atoms with Gasteiger partial charge in [-0.05, 0) is 6.92 Å². The van der Waals surface area contributed by atoms with Gasteiger partial charge in [-0.1, -0.05) is 0 Å². The molecule has 2 saturated heterocycles. The molecule has 2 aliphatic heterocycles. The van der Waals surface area contributed by atoms with Crippen molar-refractivity contribution < 1.29 is 20.1 Å².